The Kier molecular flexibility index (Phi) is 6.87. The summed E-state index contributed by atoms with van der Waals surface area (Å²) in [6.45, 7) is 7.90. The predicted octanol–water partition coefficient (Wildman–Crippen LogP) is 3.69. The zero-order chi connectivity index (χ0) is 20.9. The van der Waals surface area contributed by atoms with Gasteiger partial charge in [-0.2, -0.15) is 9.41 Å². The van der Waals surface area contributed by atoms with Gasteiger partial charge in [-0.15, -0.1) is 0 Å². The van der Waals surface area contributed by atoms with E-state index in [4.69, 9.17) is 0 Å². The summed E-state index contributed by atoms with van der Waals surface area (Å²) in [5.41, 5.74) is 5.38. The molecule has 0 spiro atoms. The van der Waals surface area contributed by atoms with Crippen molar-refractivity contribution >= 4 is 27.6 Å². The van der Waals surface area contributed by atoms with Crippen molar-refractivity contribution in [2.24, 2.45) is 5.10 Å². The molecule has 0 bridgehead atoms. The van der Waals surface area contributed by atoms with Crippen molar-refractivity contribution in [2.45, 2.75) is 32.6 Å². The number of aryl methyl sites for hydroxylation is 2. The van der Waals surface area contributed by atoms with Gasteiger partial charge in [0.2, 0.25) is 10.0 Å². The molecule has 2 rings (SSSR count). The number of hydrogen-bond acceptors (Lipinski definition) is 6. The minimum Gasteiger partial charge on any atom is -0.272 e. The van der Waals surface area contributed by atoms with Gasteiger partial charge in [0.1, 0.15) is 5.69 Å². The number of anilines is 1. The molecule has 28 heavy (non-hydrogen) atoms. The molecule has 0 aliphatic heterocycles. The molecule has 0 saturated heterocycles. The maximum atomic E-state index is 12.6. The van der Waals surface area contributed by atoms with E-state index in [0.717, 1.165) is 22.8 Å². The third-order valence-corrected chi connectivity index (χ3v) is 6.38. The van der Waals surface area contributed by atoms with Crippen LogP contribution in [-0.2, 0) is 10.0 Å². The van der Waals surface area contributed by atoms with Crippen molar-refractivity contribution in [3.8, 4) is 0 Å². The number of nitrogens with one attached hydrogen (secondary N) is 1. The van der Waals surface area contributed by atoms with Crippen LogP contribution in [0, 0.1) is 24.0 Å². The highest BCUT2D eigenvalue weighted by Gasteiger charge is 2.25. The molecule has 2 aromatic carbocycles. The second-order valence-corrected chi connectivity index (χ2v) is 8.19. The summed E-state index contributed by atoms with van der Waals surface area (Å²) in [6.07, 6.45) is 1.58. The van der Waals surface area contributed by atoms with Crippen LogP contribution in [0.3, 0.4) is 0 Å². The Bertz CT molecular complexity index is 999. The van der Waals surface area contributed by atoms with E-state index >= 15 is 0 Å². The molecule has 0 aromatic heterocycles. The molecule has 0 radical (unpaired) electrons. The Balaban J connectivity index is 2.35. The first-order valence-electron chi connectivity index (χ1n) is 8.85. The zero-order valence-electron chi connectivity index (χ0n) is 16.3. The molecule has 9 heteroatoms. The van der Waals surface area contributed by atoms with Crippen LogP contribution in [0.5, 0.6) is 0 Å². The normalized spacial score (nSPS) is 11.9. The smallest absolute Gasteiger partial charge is 0.272 e. The molecular formula is C19H24N4O4S. The van der Waals surface area contributed by atoms with Gasteiger partial charge >= 0.3 is 0 Å². The van der Waals surface area contributed by atoms with Gasteiger partial charge in [-0.3, -0.25) is 15.5 Å². The number of hydrogen-bond donors (Lipinski definition) is 1. The summed E-state index contributed by atoms with van der Waals surface area (Å²) in [5, 5.41) is 15.5. The predicted molar refractivity (Wildman–Crippen MR) is 110 cm³/mol. The molecule has 0 heterocycles. The van der Waals surface area contributed by atoms with E-state index in [1.165, 1.54) is 16.4 Å². The van der Waals surface area contributed by atoms with E-state index in [9.17, 15) is 18.5 Å². The van der Waals surface area contributed by atoms with E-state index < -0.39 is 14.9 Å². The first-order chi connectivity index (χ1) is 13.2. The second-order valence-electron chi connectivity index (χ2n) is 6.26. The molecule has 0 atom stereocenters. The Hall–Kier alpha value is -2.78. The SMILES string of the molecule is CCN(CC)S(=O)(=O)c1ccc(N/N=C\c2cc(C)ccc2C)c([N+](=O)[O-])c1. The van der Waals surface area contributed by atoms with E-state index in [1.54, 1.807) is 20.1 Å². The van der Waals surface area contributed by atoms with Gasteiger partial charge in [0, 0.05) is 19.2 Å². The highest BCUT2D eigenvalue weighted by atomic mass is 32.2. The average molecular weight is 404 g/mol. The van der Waals surface area contributed by atoms with Crippen LogP contribution >= 0.6 is 0 Å². The lowest BCUT2D eigenvalue weighted by molar-refractivity contribution is -0.384. The van der Waals surface area contributed by atoms with Gasteiger partial charge in [-0.1, -0.05) is 37.6 Å². The largest absolute Gasteiger partial charge is 0.295 e. The Morgan fingerprint density at radius 2 is 1.82 bits per heavy atom. The maximum Gasteiger partial charge on any atom is 0.295 e. The van der Waals surface area contributed by atoms with Crippen LogP contribution < -0.4 is 5.43 Å². The number of nitro benzene ring substituents is 1. The molecule has 0 fully saturated rings. The summed E-state index contributed by atoms with van der Waals surface area (Å²) >= 11 is 0. The Labute approximate surface area is 165 Å². The fourth-order valence-electron chi connectivity index (χ4n) is 2.70. The molecule has 150 valence electrons. The number of nitro groups is 1. The molecule has 0 amide bonds. The molecule has 8 nitrogen and oxygen atoms in total. The van der Waals surface area contributed by atoms with Gasteiger partial charge in [-0.25, -0.2) is 8.42 Å². The van der Waals surface area contributed by atoms with Crippen LogP contribution in [0.25, 0.3) is 0 Å². The van der Waals surface area contributed by atoms with E-state index in [-0.39, 0.29) is 29.4 Å². The second kappa shape index (κ2) is 8.94. The van der Waals surface area contributed by atoms with Gasteiger partial charge in [0.05, 0.1) is 16.0 Å². The van der Waals surface area contributed by atoms with Gasteiger partial charge < -0.3 is 0 Å². The van der Waals surface area contributed by atoms with Crippen molar-refractivity contribution in [2.75, 3.05) is 18.5 Å². The van der Waals surface area contributed by atoms with E-state index in [2.05, 4.69) is 10.5 Å². The lowest BCUT2D eigenvalue weighted by atomic mass is 10.1. The summed E-state index contributed by atoms with van der Waals surface area (Å²) < 4.78 is 26.5. The number of sulfonamides is 1. The van der Waals surface area contributed by atoms with Crippen molar-refractivity contribution in [1.29, 1.82) is 0 Å². The number of hydrazone groups is 1. The standard InChI is InChI=1S/C19H24N4O4S/c1-5-22(6-2)28(26,27)17-9-10-18(19(12-17)23(24)25)21-20-13-16-11-14(3)7-8-15(16)4/h7-13,21H,5-6H2,1-4H3/b20-13-. The number of rotatable bonds is 8. The first kappa shape index (κ1) is 21.5. The van der Waals surface area contributed by atoms with E-state index in [1.807, 2.05) is 32.0 Å². The highest BCUT2D eigenvalue weighted by molar-refractivity contribution is 7.89. The topological polar surface area (TPSA) is 105 Å². The molecule has 0 unspecified atom stereocenters. The van der Waals surface area contributed by atoms with Crippen LogP contribution in [0.4, 0.5) is 11.4 Å². The van der Waals surface area contributed by atoms with Crippen molar-refractivity contribution in [3.05, 3.63) is 63.2 Å². The lowest BCUT2D eigenvalue weighted by Crippen LogP contribution is -2.30. The summed E-state index contributed by atoms with van der Waals surface area (Å²) in [4.78, 5) is 10.7. The van der Waals surface area contributed by atoms with Crippen LogP contribution in [0.15, 0.2) is 46.4 Å². The summed E-state index contributed by atoms with van der Waals surface area (Å²) in [6, 6.07) is 9.66. The van der Waals surface area contributed by atoms with Crippen LogP contribution in [0.1, 0.15) is 30.5 Å². The molecule has 0 aliphatic rings. The average Bonchev–Trinajstić information content (AvgIpc) is 2.65. The Morgan fingerprint density at radius 1 is 1.14 bits per heavy atom. The molecule has 0 saturated carbocycles. The zero-order valence-corrected chi connectivity index (χ0v) is 17.2. The molecular weight excluding hydrogens is 380 g/mol. The fraction of sp³-hybridized carbons (Fsp3) is 0.316. The van der Waals surface area contributed by atoms with Gasteiger partial charge in [0.25, 0.3) is 5.69 Å². The fourth-order valence-corrected chi connectivity index (χ4v) is 4.18. The maximum absolute atomic E-state index is 12.6. The highest BCUT2D eigenvalue weighted by Crippen LogP contribution is 2.29. The van der Waals surface area contributed by atoms with Gasteiger partial charge in [-0.05, 0) is 37.1 Å². The van der Waals surface area contributed by atoms with Crippen molar-refractivity contribution in [1.82, 2.24) is 4.31 Å². The molecule has 2 aromatic rings. The number of benzene rings is 2. The Morgan fingerprint density at radius 3 is 2.43 bits per heavy atom. The summed E-state index contributed by atoms with van der Waals surface area (Å²) in [7, 11) is -3.79. The quantitative estimate of drug-likeness (QED) is 0.410. The minimum absolute atomic E-state index is 0.116. The van der Waals surface area contributed by atoms with Crippen molar-refractivity contribution < 1.29 is 13.3 Å². The molecule has 1 N–H and O–H groups in total. The number of nitrogens with zero attached hydrogens (tertiary/aromatic N) is 3. The van der Waals surface area contributed by atoms with Crippen molar-refractivity contribution in [3.63, 3.8) is 0 Å². The summed E-state index contributed by atoms with van der Waals surface area (Å²) in [5.74, 6) is 0. The first-order valence-corrected chi connectivity index (χ1v) is 10.3. The molecule has 0 aliphatic carbocycles. The van der Waals surface area contributed by atoms with Crippen LogP contribution in [-0.4, -0.2) is 37.0 Å². The third kappa shape index (κ3) is 4.73. The van der Waals surface area contributed by atoms with Gasteiger partial charge in [0.15, 0.2) is 0 Å². The lowest BCUT2D eigenvalue weighted by Gasteiger charge is -2.18. The minimum atomic E-state index is -3.79. The van der Waals surface area contributed by atoms with Crippen LogP contribution in [0.2, 0.25) is 0 Å². The monoisotopic (exact) mass is 404 g/mol. The third-order valence-electron chi connectivity index (χ3n) is 4.33. The van der Waals surface area contributed by atoms with E-state index in [0.29, 0.717) is 0 Å².